The van der Waals surface area contributed by atoms with Gasteiger partial charge in [0.15, 0.2) is 0 Å². The molecule has 0 radical (unpaired) electrons. The summed E-state index contributed by atoms with van der Waals surface area (Å²) in [6, 6.07) is 16.7. The number of likely N-dealkylation sites (tertiary alicyclic amines) is 1. The molecular formula is C28H34N4O2. The Hall–Kier alpha value is -3.41. The van der Waals surface area contributed by atoms with Crippen molar-refractivity contribution < 1.29 is 9.59 Å². The van der Waals surface area contributed by atoms with Crippen molar-refractivity contribution in [3.8, 4) is 11.1 Å². The Bertz CT molecular complexity index is 1090. The minimum Gasteiger partial charge on any atom is -0.352 e. The number of hydrogen-bond donors (Lipinski definition) is 1. The molecule has 1 aliphatic rings. The summed E-state index contributed by atoms with van der Waals surface area (Å²) in [6.45, 7) is 6.54. The lowest BCUT2D eigenvalue weighted by Gasteiger charge is -2.33. The monoisotopic (exact) mass is 458 g/mol. The summed E-state index contributed by atoms with van der Waals surface area (Å²) in [5, 5.41) is 3.14. The van der Waals surface area contributed by atoms with E-state index in [1.54, 1.807) is 6.20 Å². The normalized spacial score (nSPS) is 16.8. The first-order valence-electron chi connectivity index (χ1n) is 12.2. The molecule has 0 saturated carbocycles. The van der Waals surface area contributed by atoms with Gasteiger partial charge in [-0.25, -0.2) is 4.98 Å². The van der Waals surface area contributed by atoms with Gasteiger partial charge in [0.25, 0.3) is 0 Å². The van der Waals surface area contributed by atoms with Crippen LogP contribution in [0.1, 0.15) is 44.2 Å². The van der Waals surface area contributed by atoms with Gasteiger partial charge in [0, 0.05) is 44.5 Å². The van der Waals surface area contributed by atoms with E-state index in [2.05, 4.69) is 46.7 Å². The quantitative estimate of drug-likeness (QED) is 0.540. The number of amides is 2. The minimum atomic E-state index is -0.142. The molecule has 1 aliphatic heterocycles. The largest absolute Gasteiger partial charge is 0.352 e. The summed E-state index contributed by atoms with van der Waals surface area (Å²) in [7, 11) is 0. The van der Waals surface area contributed by atoms with Crippen LogP contribution < -0.4 is 5.32 Å². The van der Waals surface area contributed by atoms with Gasteiger partial charge in [-0.15, -0.1) is 0 Å². The molecule has 6 heteroatoms. The number of nitrogens with zero attached hydrogens (tertiary/aromatic N) is 3. The molecule has 0 aliphatic carbocycles. The highest BCUT2D eigenvalue weighted by atomic mass is 16.2. The van der Waals surface area contributed by atoms with Crippen LogP contribution in [0, 0.1) is 11.8 Å². The molecule has 3 aromatic rings. The van der Waals surface area contributed by atoms with Gasteiger partial charge >= 0.3 is 0 Å². The second-order valence-corrected chi connectivity index (χ2v) is 9.24. The average Bonchev–Trinajstić information content (AvgIpc) is 3.40. The molecule has 1 aromatic heterocycles. The first kappa shape index (κ1) is 23.7. The Morgan fingerprint density at radius 1 is 1.15 bits per heavy atom. The van der Waals surface area contributed by atoms with Gasteiger partial charge in [-0.05, 0) is 41.5 Å². The second kappa shape index (κ2) is 11.1. The van der Waals surface area contributed by atoms with E-state index in [4.69, 9.17) is 0 Å². The molecule has 1 saturated heterocycles. The van der Waals surface area contributed by atoms with Crippen molar-refractivity contribution in [2.75, 3.05) is 13.1 Å². The van der Waals surface area contributed by atoms with E-state index in [-0.39, 0.29) is 23.7 Å². The van der Waals surface area contributed by atoms with Gasteiger partial charge in [0.05, 0.1) is 12.2 Å². The molecule has 2 unspecified atom stereocenters. The highest BCUT2D eigenvalue weighted by molar-refractivity contribution is 5.82. The van der Waals surface area contributed by atoms with Gasteiger partial charge in [-0.2, -0.15) is 0 Å². The summed E-state index contributed by atoms with van der Waals surface area (Å²) >= 11 is 0. The predicted molar refractivity (Wildman–Crippen MR) is 134 cm³/mol. The zero-order valence-corrected chi connectivity index (χ0v) is 20.1. The van der Waals surface area contributed by atoms with Crippen LogP contribution in [0.4, 0.5) is 0 Å². The van der Waals surface area contributed by atoms with Crippen LogP contribution in [-0.4, -0.2) is 39.4 Å². The van der Waals surface area contributed by atoms with Crippen LogP contribution in [0.2, 0.25) is 0 Å². The molecule has 2 amide bonds. The number of aromatic nitrogens is 2. The molecular weight excluding hydrogens is 424 g/mol. The standard InChI is InChI=1S/C28H34N4O2/c1-3-21(2)28(34)32-15-6-8-25(19-32)27(33)30-17-24-7-4-5-9-26(24)23-12-10-22(11-13-23)18-31-16-14-29-20-31/h4-5,7,9-14,16,20-21,25H,3,6,8,15,17-19H2,1-2H3,(H,30,33). The van der Waals surface area contributed by atoms with Gasteiger partial charge < -0.3 is 14.8 Å². The SMILES string of the molecule is CCC(C)C(=O)N1CCCC(C(=O)NCc2ccccc2-c2ccc(Cn3ccnc3)cc2)C1. The Labute approximate surface area is 202 Å². The molecule has 1 fully saturated rings. The summed E-state index contributed by atoms with van der Waals surface area (Å²) in [6.07, 6.45) is 8.09. The van der Waals surface area contributed by atoms with E-state index in [1.807, 2.05) is 48.0 Å². The van der Waals surface area contributed by atoms with E-state index in [9.17, 15) is 9.59 Å². The lowest BCUT2D eigenvalue weighted by molar-refractivity contribution is -0.139. The number of imidazole rings is 1. The number of benzene rings is 2. The van der Waals surface area contributed by atoms with Crippen molar-refractivity contribution in [2.24, 2.45) is 11.8 Å². The maximum absolute atomic E-state index is 13.0. The highest BCUT2D eigenvalue weighted by Gasteiger charge is 2.29. The van der Waals surface area contributed by atoms with Crippen molar-refractivity contribution in [3.63, 3.8) is 0 Å². The van der Waals surface area contributed by atoms with Crippen LogP contribution in [0.3, 0.4) is 0 Å². The van der Waals surface area contributed by atoms with Crippen LogP contribution in [0.15, 0.2) is 67.3 Å². The van der Waals surface area contributed by atoms with Crippen molar-refractivity contribution in [1.29, 1.82) is 0 Å². The fraction of sp³-hybridized carbons (Fsp3) is 0.393. The van der Waals surface area contributed by atoms with E-state index < -0.39 is 0 Å². The molecule has 6 nitrogen and oxygen atoms in total. The highest BCUT2D eigenvalue weighted by Crippen LogP contribution is 2.25. The zero-order chi connectivity index (χ0) is 23.9. The third-order valence-electron chi connectivity index (χ3n) is 6.80. The topological polar surface area (TPSA) is 67.2 Å². The third-order valence-corrected chi connectivity index (χ3v) is 6.80. The molecule has 1 N–H and O–H groups in total. The first-order chi connectivity index (χ1) is 16.5. The molecule has 2 atom stereocenters. The molecule has 34 heavy (non-hydrogen) atoms. The van der Waals surface area contributed by atoms with Gasteiger partial charge in [-0.1, -0.05) is 62.4 Å². The zero-order valence-electron chi connectivity index (χ0n) is 20.1. The lowest BCUT2D eigenvalue weighted by atomic mass is 9.95. The summed E-state index contributed by atoms with van der Waals surface area (Å²) < 4.78 is 2.04. The summed E-state index contributed by atoms with van der Waals surface area (Å²) in [4.78, 5) is 31.5. The smallest absolute Gasteiger partial charge is 0.225 e. The molecule has 2 aromatic carbocycles. The maximum atomic E-state index is 13.0. The van der Waals surface area contributed by atoms with E-state index in [0.29, 0.717) is 13.1 Å². The summed E-state index contributed by atoms with van der Waals surface area (Å²) in [5.41, 5.74) is 4.54. The second-order valence-electron chi connectivity index (χ2n) is 9.24. The van der Waals surface area contributed by atoms with Crippen LogP contribution in [-0.2, 0) is 22.7 Å². The third kappa shape index (κ3) is 5.74. The number of carbonyl (C=O) groups is 2. The molecule has 0 bridgehead atoms. The number of piperidine rings is 1. The molecule has 2 heterocycles. The molecule has 4 rings (SSSR count). The van der Waals surface area contributed by atoms with E-state index in [1.165, 1.54) is 5.56 Å². The number of hydrogen-bond acceptors (Lipinski definition) is 3. The van der Waals surface area contributed by atoms with Crippen molar-refractivity contribution in [2.45, 2.75) is 46.2 Å². The van der Waals surface area contributed by atoms with E-state index in [0.717, 1.165) is 49.0 Å². The Kier molecular flexibility index (Phi) is 7.78. The maximum Gasteiger partial charge on any atom is 0.225 e. The Morgan fingerprint density at radius 2 is 1.94 bits per heavy atom. The molecule has 178 valence electrons. The average molecular weight is 459 g/mol. The van der Waals surface area contributed by atoms with Crippen LogP contribution in [0.25, 0.3) is 11.1 Å². The number of nitrogens with one attached hydrogen (secondary N) is 1. The van der Waals surface area contributed by atoms with Crippen molar-refractivity contribution in [3.05, 3.63) is 78.4 Å². The van der Waals surface area contributed by atoms with Gasteiger partial charge in [-0.3, -0.25) is 9.59 Å². The fourth-order valence-electron chi connectivity index (χ4n) is 4.54. The minimum absolute atomic E-state index is 0.0139. The lowest BCUT2D eigenvalue weighted by Crippen LogP contribution is -2.46. The Balaban J connectivity index is 1.38. The molecule has 0 spiro atoms. The number of carbonyl (C=O) groups excluding carboxylic acids is 2. The number of rotatable bonds is 8. The van der Waals surface area contributed by atoms with Crippen molar-refractivity contribution in [1.82, 2.24) is 19.8 Å². The van der Waals surface area contributed by atoms with E-state index >= 15 is 0 Å². The fourth-order valence-corrected chi connectivity index (χ4v) is 4.54. The predicted octanol–water partition coefficient (Wildman–Crippen LogP) is 4.50. The van der Waals surface area contributed by atoms with Crippen LogP contribution >= 0.6 is 0 Å². The van der Waals surface area contributed by atoms with Crippen LogP contribution in [0.5, 0.6) is 0 Å². The first-order valence-corrected chi connectivity index (χ1v) is 12.2. The van der Waals surface area contributed by atoms with Crippen molar-refractivity contribution >= 4 is 11.8 Å². The van der Waals surface area contributed by atoms with Gasteiger partial charge in [0.1, 0.15) is 0 Å². The summed E-state index contributed by atoms with van der Waals surface area (Å²) in [5.74, 6) is 0.0744. The van der Waals surface area contributed by atoms with Gasteiger partial charge in [0.2, 0.25) is 11.8 Å². The Morgan fingerprint density at radius 3 is 2.68 bits per heavy atom.